The van der Waals surface area contributed by atoms with Gasteiger partial charge in [0.25, 0.3) is 5.91 Å². The summed E-state index contributed by atoms with van der Waals surface area (Å²) in [7, 11) is 0. The van der Waals surface area contributed by atoms with E-state index in [-0.39, 0.29) is 17.9 Å². The topological polar surface area (TPSA) is 75.4 Å². The Bertz CT molecular complexity index is 476. The molecule has 2 heterocycles. The number of carbonyl (C=O) groups excluding carboxylic acids is 2. The molecule has 0 aromatic carbocycles. The van der Waals surface area contributed by atoms with E-state index < -0.39 is 0 Å². The third kappa shape index (κ3) is 2.94. The van der Waals surface area contributed by atoms with Gasteiger partial charge in [0.15, 0.2) is 0 Å². The molecule has 2 rings (SSSR count). The second-order valence-corrected chi connectivity index (χ2v) is 4.99. The van der Waals surface area contributed by atoms with Crippen molar-refractivity contribution in [3.8, 4) is 0 Å². The third-order valence-electron chi connectivity index (χ3n) is 3.36. The molecular formula is C13H19N3O3. The van der Waals surface area contributed by atoms with Crippen LogP contribution in [0.4, 0.5) is 0 Å². The van der Waals surface area contributed by atoms with E-state index in [0.717, 1.165) is 12.8 Å². The minimum atomic E-state index is -0.0636. The van der Waals surface area contributed by atoms with Crippen molar-refractivity contribution in [2.75, 3.05) is 13.1 Å². The first kappa shape index (κ1) is 13.6. The summed E-state index contributed by atoms with van der Waals surface area (Å²) in [6.07, 6.45) is 1.80. The Kier molecular flexibility index (Phi) is 3.87. The molecule has 1 aromatic heterocycles. The van der Waals surface area contributed by atoms with Gasteiger partial charge in [0, 0.05) is 26.1 Å². The molecule has 1 N–H and O–H groups in total. The maximum absolute atomic E-state index is 12.4. The number of piperidine rings is 1. The van der Waals surface area contributed by atoms with Crippen LogP contribution in [0.15, 0.2) is 4.52 Å². The van der Waals surface area contributed by atoms with Crippen LogP contribution in [0.5, 0.6) is 0 Å². The second-order valence-electron chi connectivity index (χ2n) is 4.99. The van der Waals surface area contributed by atoms with Crippen LogP contribution in [-0.4, -0.2) is 41.0 Å². The summed E-state index contributed by atoms with van der Waals surface area (Å²) in [6.45, 7) is 6.25. The van der Waals surface area contributed by atoms with Crippen LogP contribution in [0.2, 0.25) is 0 Å². The van der Waals surface area contributed by atoms with Crippen molar-refractivity contribution in [2.24, 2.45) is 0 Å². The molecule has 1 fully saturated rings. The van der Waals surface area contributed by atoms with Gasteiger partial charge in [0.2, 0.25) is 5.91 Å². The van der Waals surface area contributed by atoms with Gasteiger partial charge in [-0.1, -0.05) is 5.16 Å². The molecule has 0 unspecified atom stereocenters. The number of nitrogens with zero attached hydrogens (tertiary/aromatic N) is 2. The fourth-order valence-corrected chi connectivity index (χ4v) is 2.51. The van der Waals surface area contributed by atoms with Crippen LogP contribution in [0, 0.1) is 13.8 Å². The molecule has 1 saturated heterocycles. The molecule has 0 spiro atoms. The molecule has 1 aromatic rings. The molecule has 104 valence electrons. The van der Waals surface area contributed by atoms with Gasteiger partial charge in [-0.2, -0.15) is 0 Å². The highest BCUT2D eigenvalue weighted by Gasteiger charge is 2.28. The fourth-order valence-electron chi connectivity index (χ4n) is 2.51. The minimum Gasteiger partial charge on any atom is -0.361 e. The predicted octanol–water partition coefficient (Wildman–Crippen LogP) is 1.03. The van der Waals surface area contributed by atoms with Crippen LogP contribution < -0.4 is 5.32 Å². The van der Waals surface area contributed by atoms with Gasteiger partial charge in [0.05, 0.1) is 5.69 Å². The normalized spacial score (nSPS) is 19.3. The molecule has 1 atom stereocenters. The van der Waals surface area contributed by atoms with Gasteiger partial charge in [-0.15, -0.1) is 0 Å². The highest BCUT2D eigenvalue weighted by Crippen LogP contribution is 2.18. The van der Waals surface area contributed by atoms with Crippen LogP contribution in [0.25, 0.3) is 0 Å². The Labute approximate surface area is 112 Å². The van der Waals surface area contributed by atoms with E-state index in [1.54, 1.807) is 18.7 Å². The lowest BCUT2D eigenvalue weighted by Gasteiger charge is -2.32. The number of nitrogens with one attached hydrogen (secondary N) is 1. The molecule has 0 bridgehead atoms. The summed E-state index contributed by atoms with van der Waals surface area (Å²) in [6, 6.07) is 0.0377. The average Bonchev–Trinajstić information content (AvgIpc) is 2.68. The summed E-state index contributed by atoms with van der Waals surface area (Å²) in [4.78, 5) is 25.3. The van der Waals surface area contributed by atoms with Crippen LogP contribution in [-0.2, 0) is 4.79 Å². The number of amides is 2. The van der Waals surface area contributed by atoms with Crippen LogP contribution >= 0.6 is 0 Å². The van der Waals surface area contributed by atoms with Gasteiger partial charge >= 0.3 is 0 Å². The number of rotatable bonds is 2. The SMILES string of the molecule is CC(=O)N[C@H]1CCCN(C(=O)c2c(C)noc2C)C1. The van der Waals surface area contributed by atoms with Crippen molar-refractivity contribution in [3.05, 3.63) is 17.0 Å². The lowest BCUT2D eigenvalue weighted by atomic mass is 10.0. The van der Waals surface area contributed by atoms with E-state index >= 15 is 0 Å². The zero-order chi connectivity index (χ0) is 14.0. The van der Waals surface area contributed by atoms with Crippen molar-refractivity contribution in [3.63, 3.8) is 0 Å². The third-order valence-corrected chi connectivity index (χ3v) is 3.36. The summed E-state index contributed by atoms with van der Waals surface area (Å²) in [5, 5.41) is 6.68. The lowest BCUT2D eigenvalue weighted by Crippen LogP contribution is -2.49. The Hall–Kier alpha value is -1.85. The predicted molar refractivity (Wildman–Crippen MR) is 68.7 cm³/mol. The Morgan fingerprint density at radius 3 is 2.74 bits per heavy atom. The van der Waals surface area contributed by atoms with Crippen molar-refractivity contribution in [1.29, 1.82) is 0 Å². The zero-order valence-corrected chi connectivity index (χ0v) is 11.5. The number of carbonyl (C=O) groups is 2. The Morgan fingerprint density at radius 1 is 1.42 bits per heavy atom. The summed E-state index contributed by atoms with van der Waals surface area (Å²) in [5.74, 6) is 0.423. The van der Waals surface area contributed by atoms with Gasteiger partial charge in [0.1, 0.15) is 11.3 Å². The quantitative estimate of drug-likeness (QED) is 0.866. The van der Waals surface area contributed by atoms with E-state index in [0.29, 0.717) is 30.1 Å². The van der Waals surface area contributed by atoms with Gasteiger partial charge in [-0.05, 0) is 26.7 Å². The first-order valence-corrected chi connectivity index (χ1v) is 6.48. The van der Waals surface area contributed by atoms with Crippen molar-refractivity contribution >= 4 is 11.8 Å². The first-order valence-electron chi connectivity index (χ1n) is 6.48. The molecule has 6 nitrogen and oxygen atoms in total. The zero-order valence-electron chi connectivity index (χ0n) is 11.5. The molecule has 0 radical (unpaired) electrons. The average molecular weight is 265 g/mol. The fraction of sp³-hybridized carbons (Fsp3) is 0.615. The van der Waals surface area contributed by atoms with E-state index in [4.69, 9.17) is 4.52 Å². The van der Waals surface area contributed by atoms with Crippen molar-refractivity contribution in [2.45, 2.75) is 39.7 Å². The molecule has 6 heteroatoms. The number of hydrogen-bond donors (Lipinski definition) is 1. The number of hydrogen-bond acceptors (Lipinski definition) is 4. The Morgan fingerprint density at radius 2 is 2.16 bits per heavy atom. The van der Waals surface area contributed by atoms with E-state index in [1.807, 2.05) is 0 Å². The molecule has 19 heavy (non-hydrogen) atoms. The molecule has 2 amide bonds. The summed E-state index contributed by atoms with van der Waals surface area (Å²) >= 11 is 0. The van der Waals surface area contributed by atoms with Gasteiger partial charge in [-0.25, -0.2) is 0 Å². The number of likely N-dealkylation sites (tertiary alicyclic amines) is 1. The van der Waals surface area contributed by atoms with E-state index in [9.17, 15) is 9.59 Å². The highest BCUT2D eigenvalue weighted by molar-refractivity contribution is 5.96. The Balaban J connectivity index is 2.09. The minimum absolute atomic E-state index is 0.0377. The molecule has 1 aliphatic rings. The maximum atomic E-state index is 12.4. The number of aryl methyl sites for hydroxylation is 2. The lowest BCUT2D eigenvalue weighted by molar-refractivity contribution is -0.120. The van der Waals surface area contributed by atoms with Crippen LogP contribution in [0.1, 0.15) is 41.6 Å². The molecular weight excluding hydrogens is 246 g/mol. The maximum Gasteiger partial charge on any atom is 0.259 e. The van der Waals surface area contributed by atoms with E-state index in [1.165, 1.54) is 6.92 Å². The molecule has 1 aliphatic heterocycles. The largest absolute Gasteiger partial charge is 0.361 e. The monoisotopic (exact) mass is 265 g/mol. The van der Waals surface area contributed by atoms with Gasteiger partial charge < -0.3 is 14.7 Å². The standard InChI is InChI=1S/C13H19N3O3/c1-8-12(9(2)19-15-8)13(18)16-6-4-5-11(7-16)14-10(3)17/h11H,4-7H2,1-3H3,(H,14,17)/t11-/m0/s1. The van der Waals surface area contributed by atoms with Crippen molar-refractivity contribution < 1.29 is 14.1 Å². The summed E-state index contributed by atoms with van der Waals surface area (Å²) < 4.78 is 5.03. The molecule has 0 aliphatic carbocycles. The first-order chi connectivity index (χ1) is 8.99. The van der Waals surface area contributed by atoms with Crippen molar-refractivity contribution in [1.82, 2.24) is 15.4 Å². The molecule has 0 saturated carbocycles. The summed E-state index contributed by atoms with van der Waals surface area (Å²) in [5.41, 5.74) is 1.16. The number of aromatic nitrogens is 1. The second kappa shape index (κ2) is 5.42. The van der Waals surface area contributed by atoms with Crippen LogP contribution in [0.3, 0.4) is 0 Å². The highest BCUT2D eigenvalue weighted by atomic mass is 16.5. The van der Waals surface area contributed by atoms with E-state index in [2.05, 4.69) is 10.5 Å². The smallest absolute Gasteiger partial charge is 0.259 e. The van der Waals surface area contributed by atoms with Gasteiger partial charge in [-0.3, -0.25) is 9.59 Å².